The van der Waals surface area contributed by atoms with Gasteiger partial charge < -0.3 is 20.3 Å². The molecule has 3 N–H and O–H groups in total. The third-order valence-corrected chi connectivity index (χ3v) is 5.94. The molecule has 0 fully saturated rings. The highest BCUT2D eigenvalue weighted by Crippen LogP contribution is 2.28. The van der Waals surface area contributed by atoms with Crippen molar-refractivity contribution >= 4 is 35.5 Å². The molecule has 0 unspecified atom stereocenters. The number of carbonyl (C=O) groups excluding carboxylic acids is 3. The largest absolute Gasteiger partial charge is 0.383 e. The van der Waals surface area contributed by atoms with Gasteiger partial charge in [-0.3, -0.25) is 19.8 Å². The number of aryl methyl sites for hydroxylation is 1. The van der Waals surface area contributed by atoms with Gasteiger partial charge in [0.25, 0.3) is 0 Å². The zero-order chi connectivity index (χ0) is 26.8. The Balaban J connectivity index is 1.83. The maximum Gasteiger partial charge on any atom is 0.328 e. The maximum atomic E-state index is 13.2. The Morgan fingerprint density at radius 1 is 1.35 bits per heavy atom. The van der Waals surface area contributed by atoms with E-state index < -0.39 is 6.03 Å². The van der Waals surface area contributed by atoms with Gasteiger partial charge in [0.15, 0.2) is 6.29 Å². The Morgan fingerprint density at radius 2 is 2.16 bits per heavy atom. The van der Waals surface area contributed by atoms with E-state index in [1.165, 1.54) is 11.1 Å². The molecular formula is C25H32N8O4. The smallest absolute Gasteiger partial charge is 0.328 e. The van der Waals surface area contributed by atoms with Gasteiger partial charge in [-0.1, -0.05) is 0 Å². The SMILES string of the molecule is CCN(Cc1cc2c(nc1C=O)N(C(=O)Nc1cc(NCCOC)c(C#N)cn1)CCC2)C(=O)CNC. The number of aromatic nitrogens is 2. The van der Waals surface area contributed by atoms with E-state index in [9.17, 15) is 19.6 Å². The molecule has 0 spiro atoms. The number of hydrogen-bond donors (Lipinski definition) is 3. The Kier molecular flexibility index (Phi) is 9.88. The Labute approximate surface area is 216 Å². The van der Waals surface area contributed by atoms with Crippen LogP contribution in [0.5, 0.6) is 0 Å². The van der Waals surface area contributed by atoms with Crippen molar-refractivity contribution in [1.82, 2.24) is 20.2 Å². The number of ether oxygens (including phenoxy) is 1. The Hall–Kier alpha value is -4.08. The van der Waals surface area contributed by atoms with E-state index in [0.717, 1.165) is 5.56 Å². The third kappa shape index (κ3) is 6.78. The van der Waals surface area contributed by atoms with Crippen molar-refractivity contribution in [2.75, 3.05) is 62.5 Å². The lowest BCUT2D eigenvalue weighted by molar-refractivity contribution is -0.130. The number of amides is 3. The number of methoxy groups -OCH3 is 1. The van der Waals surface area contributed by atoms with Crippen molar-refractivity contribution in [2.45, 2.75) is 26.3 Å². The Bertz CT molecular complexity index is 1180. The standard InChI is InChI=1S/C25H32N8O4/c1-4-32(23(35)14-27-2)15-18-10-17-6-5-8-33(24(17)30-21(18)16-34)25(36)31-22-11-20(28-7-9-37-3)19(12-26)13-29-22/h10-11,13,16,27H,4-9,14-15H2,1-3H3,(H2,28,29,31,36). The van der Waals surface area contributed by atoms with Gasteiger partial charge >= 0.3 is 6.03 Å². The van der Waals surface area contributed by atoms with Crippen LogP contribution >= 0.6 is 0 Å². The number of hydrogen-bond acceptors (Lipinski definition) is 9. The van der Waals surface area contributed by atoms with Crippen LogP contribution in [0.25, 0.3) is 0 Å². The fraction of sp³-hybridized carbons (Fsp3) is 0.440. The van der Waals surface area contributed by atoms with Crippen LogP contribution in [-0.2, 0) is 22.5 Å². The molecule has 0 saturated heterocycles. The zero-order valence-electron chi connectivity index (χ0n) is 21.3. The molecule has 1 aliphatic rings. The van der Waals surface area contributed by atoms with Crippen molar-refractivity contribution < 1.29 is 19.1 Å². The molecule has 2 aromatic rings. The van der Waals surface area contributed by atoms with Gasteiger partial charge in [-0.2, -0.15) is 5.26 Å². The number of fused-ring (bicyclic) bond motifs is 1. The molecule has 0 aliphatic carbocycles. The monoisotopic (exact) mass is 508 g/mol. The van der Waals surface area contributed by atoms with Gasteiger partial charge in [-0.05, 0) is 38.4 Å². The van der Waals surface area contributed by atoms with Crippen molar-refractivity contribution in [3.8, 4) is 6.07 Å². The molecule has 37 heavy (non-hydrogen) atoms. The van der Waals surface area contributed by atoms with Crippen molar-refractivity contribution in [2.24, 2.45) is 0 Å². The minimum Gasteiger partial charge on any atom is -0.383 e. The van der Waals surface area contributed by atoms with Gasteiger partial charge in [-0.15, -0.1) is 0 Å². The predicted molar refractivity (Wildman–Crippen MR) is 139 cm³/mol. The van der Waals surface area contributed by atoms with E-state index in [1.54, 1.807) is 25.1 Å². The molecule has 0 aromatic carbocycles. The highest BCUT2D eigenvalue weighted by molar-refractivity contribution is 6.01. The molecule has 0 saturated carbocycles. The normalized spacial score (nSPS) is 12.3. The molecule has 2 aromatic heterocycles. The number of aldehydes is 1. The number of nitrogens with zero attached hydrogens (tertiary/aromatic N) is 5. The summed E-state index contributed by atoms with van der Waals surface area (Å²) >= 11 is 0. The van der Waals surface area contributed by atoms with E-state index in [-0.39, 0.29) is 30.5 Å². The first-order valence-corrected chi connectivity index (χ1v) is 12.1. The van der Waals surface area contributed by atoms with Gasteiger partial charge in [0.2, 0.25) is 5.91 Å². The number of urea groups is 1. The number of pyridine rings is 2. The number of carbonyl (C=O) groups is 3. The summed E-state index contributed by atoms with van der Waals surface area (Å²) in [7, 11) is 3.28. The number of anilines is 3. The summed E-state index contributed by atoms with van der Waals surface area (Å²) in [5, 5.41) is 18.1. The summed E-state index contributed by atoms with van der Waals surface area (Å²) in [4.78, 5) is 49.3. The lowest BCUT2D eigenvalue weighted by Crippen LogP contribution is -2.40. The molecule has 1 aliphatic heterocycles. The summed E-state index contributed by atoms with van der Waals surface area (Å²) < 4.78 is 5.03. The van der Waals surface area contributed by atoms with Crippen molar-refractivity contribution in [3.63, 3.8) is 0 Å². The predicted octanol–water partition coefficient (Wildman–Crippen LogP) is 1.77. The topological polar surface area (TPSA) is 153 Å². The van der Waals surface area contributed by atoms with Crippen LogP contribution in [0.2, 0.25) is 0 Å². The molecule has 0 radical (unpaired) electrons. The van der Waals surface area contributed by atoms with E-state index in [2.05, 4.69) is 32.0 Å². The first kappa shape index (κ1) is 27.5. The average Bonchev–Trinajstić information content (AvgIpc) is 2.91. The first-order valence-electron chi connectivity index (χ1n) is 12.1. The number of likely N-dealkylation sites (N-methyl/N-ethyl adjacent to an activating group) is 2. The van der Waals surface area contributed by atoms with Crippen LogP contribution in [0.1, 0.15) is 40.5 Å². The maximum absolute atomic E-state index is 13.2. The van der Waals surface area contributed by atoms with E-state index in [1.807, 2.05) is 13.0 Å². The van der Waals surface area contributed by atoms with Crippen LogP contribution in [-0.4, -0.2) is 80.0 Å². The van der Waals surface area contributed by atoms with Crippen LogP contribution in [0, 0.1) is 11.3 Å². The molecule has 0 bridgehead atoms. The van der Waals surface area contributed by atoms with Crippen LogP contribution in [0.4, 0.5) is 22.1 Å². The second-order valence-electron chi connectivity index (χ2n) is 8.40. The van der Waals surface area contributed by atoms with Crippen molar-refractivity contribution in [1.29, 1.82) is 5.26 Å². The van der Waals surface area contributed by atoms with E-state index in [4.69, 9.17) is 4.74 Å². The van der Waals surface area contributed by atoms with E-state index >= 15 is 0 Å². The van der Waals surface area contributed by atoms with Gasteiger partial charge in [0, 0.05) is 51.1 Å². The lowest BCUT2D eigenvalue weighted by Gasteiger charge is -2.30. The fourth-order valence-electron chi connectivity index (χ4n) is 4.05. The van der Waals surface area contributed by atoms with Crippen LogP contribution < -0.4 is 20.9 Å². The van der Waals surface area contributed by atoms with Crippen LogP contribution in [0.15, 0.2) is 18.3 Å². The summed E-state index contributed by atoms with van der Waals surface area (Å²) in [6.07, 6.45) is 3.44. The number of nitriles is 1. The molecule has 3 amide bonds. The number of rotatable bonds is 11. The fourth-order valence-corrected chi connectivity index (χ4v) is 4.05. The molecule has 3 rings (SSSR count). The molecule has 196 valence electrons. The molecular weight excluding hydrogens is 476 g/mol. The minimum absolute atomic E-state index is 0.0773. The molecule has 12 heteroatoms. The van der Waals surface area contributed by atoms with Gasteiger partial charge in [0.1, 0.15) is 23.4 Å². The molecule has 3 heterocycles. The Morgan fingerprint density at radius 3 is 2.84 bits per heavy atom. The lowest BCUT2D eigenvalue weighted by atomic mass is 10.0. The molecule has 12 nitrogen and oxygen atoms in total. The second-order valence-corrected chi connectivity index (χ2v) is 8.40. The minimum atomic E-state index is -0.447. The quantitative estimate of drug-likeness (QED) is 0.304. The second kappa shape index (κ2) is 13.3. The molecule has 0 atom stereocenters. The summed E-state index contributed by atoms with van der Waals surface area (Å²) in [5.74, 6) is 0.600. The van der Waals surface area contributed by atoms with E-state index in [0.29, 0.717) is 68.0 Å². The summed E-state index contributed by atoms with van der Waals surface area (Å²) in [6, 6.07) is 5.07. The highest BCUT2D eigenvalue weighted by atomic mass is 16.5. The first-order chi connectivity index (χ1) is 17.9. The number of nitrogens with one attached hydrogen (secondary N) is 3. The van der Waals surface area contributed by atoms with Crippen molar-refractivity contribution in [3.05, 3.63) is 40.7 Å². The third-order valence-electron chi connectivity index (χ3n) is 5.94. The van der Waals surface area contributed by atoms with Gasteiger partial charge in [-0.25, -0.2) is 14.8 Å². The summed E-state index contributed by atoms with van der Waals surface area (Å²) in [6.45, 7) is 4.17. The average molecular weight is 509 g/mol. The zero-order valence-corrected chi connectivity index (χ0v) is 21.3. The van der Waals surface area contributed by atoms with Gasteiger partial charge in [0.05, 0.1) is 24.4 Å². The van der Waals surface area contributed by atoms with Crippen LogP contribution in [0.3, 0.4) is 0 Å². The summed E-state index contributed by atoms with van der Waals surface area (Å²) in [5.41, 5.74) is 2.53. The highest BCUT2D eigenvalue weighted by Gasteiger charge is 2.27.